The van der Waals surface area contributed by atoms with Crippen LogP contribution in [0.25, 0.3) is 0 Å². The number of Topliss-reactive ketones (excluding diaryl/α,β-unsaturated/α-hetero) is 1. The van der Waals surface area contributed by atoms with Crippen molar-refractivity contribution in [2.75, 3.05) is 18.8 Å². The second kappa shape index (κ2) is 11.5. The van der Waals surface area contributed by atoms with Gasteiger partial charge in [-0.15, -0.1) is 0 Å². The molecule has 6 N–H and O–H groups in total. The number of aliphatic hydroxyl groups excluding tert-OH is 1. The highest BCUT2D eigenvalue weighted by molar-refractivity contribution is 7.91. The van der Waals surface area contributed by atoms with Crippen LogP contribution >= 0.6 is 0 Å². The molecule has 12 nitrogen and oxygen atoms in total. The van der Waals surface area contributed by atoms with Gasteiger partial charge in [-0.3, -0.25) is 29.8 Å². The predicted molar refractivity (Wildman–Crippen MR) is 161 cm³/mol. The van der Waals surface area contributed by atoms with Crippen molar-refractivity contribution in [3.05, 3.63) is 30.3 Å². The average molecular weight is 632 g/mol. The summed E-state index contributed by atoms with van der Waals surface area (Å²) in [6, 6.07) is 6.44. The van der Waals surface area contributed by atoms with Gasteiger partial charge in [-0.05, 0) is 48.1 Å². The van der Waals surface area contributed by atoms with E-state index in [1.807, 2.05) is 13.8 Å². The summed E-state index contributed by atoms with van der Waals surface area (Å²) in [5.74, 6) is -2.81. The number of carbonyl (C=O) groups excluding carboxylic acids is 4. The zero-order valence-corrected chi connectivity index (χ0v) is 26.7. The maximum Gasteiger partial charge on any atom is 0.287 e. The Bertz CT molecular complexity index is 1430. The molecule has 6 atom stereocenters. The number of benzene rings is 1. The number of hydrogen-bond acceptors (Lipinski definition) is 9. The Morgan fingerprint density at radius 3 is 2.32 bits per heavy atom. The molecule has 3 amide bonds. The van der Waals surface area contributed by atoms with E-state index in [0.29, 0.717) is 19.4 Å². The van der Waals surface area contributed by atoms with E-state index in [9.17, 15) is 32.7 Å². The van der Waals surface area contributed by atoms with Gasteiger partial charge < -0.3 is 21.1 Å². The number of rotatable bonds is 15. The Morgan fingerprint density at radius 1 is 1.11 bits per heavy atom. The van der Waals surface area contributed by atoms with E-state index >= 15 is 0 Å². The zero-order chi connectivity index (χ0) is 32.2. The summed E-state index contributed by atoms with van der Waals surface area (Å²) in [5, 5.41) is 19.2. The van der Waals surface area contributed by atoms with E-state index in [0.717, 1.165) is 19.3 Å². The van der Waals surface area contributed by atoms with Crippen LogP contribution in [0, 0.1) is 28.6 Å². The van der Waals surface area contributed by atoms with E-state index < -0.39 is 62.7 Å². The summed E-state index contributed by atoms with van der Waals surface area (Å²) in [5.41, 5.74) is 3.60. The SMILES string of the molecule is CC(C)[C@@H](CS(=O)(=O)c1ccccc1)NC(O)NCC(=O)N1CC2C(C)(C)C23C[C@@]13C(=O)NC(CC1CCC1)C(=O)C(N)=O. The molecule has 1 aromatic rings. The lowest BCUT2D eigenvalue weighted by molar-refractivity contribution is -0.144. The largest absolute Gasteiger partial charge is 0.365 e. The lowest BCUT2D eigenvalue weighted by Crippen LogP contribution is -2.59. The van der Waals surface area contributed by atoms with Crippen molar-refractivity contribution in [2.45, 2.75) is 88.7 Å². The minimum absolute atomic E-state index is 0.109. The molecule has 1 aromatic carbocycles. The van der Waals surface area contributed by atoms with Crippen molar-refractivity contribution in [3.8, 4) is 0 Å². The summed E-state index contributed by atoms with van der Waals surface area (Å²) < 4.78 is 25.9. The monoisotopic (exact) mass is 631 g/mol. The minimum Gasteiger partial charge on any atom is -0.365 e. The second-order valence-corrected chi connectivity index (χ2v) is 16.0. The topological polar surface area (TPSA) is 188 Å². The lowest BCUT2D eigenvalue weighted by Gasteiger charge is -2.34. The van der Waals surface area contributed by atoms with Crippen LogP contribution in [0.15, 0.2) is 35.2 Å². The van der Waals surface area contributed by atoms with Crippen molar-refractivity contribution in [2.24, 2.45) is 34.3 Å². The van der Waals surface area contributed by atoms with Crippen LogP contribution in [0.5, 0.6) is 0 Å². The number of nitrogens with zero attached hydrogens (tertiary/aromatic N) is 1. The molecule has 0 aromatic heterocycles. The molecule has 1 saturated heterocycles. The summed E-state index contributed by atoms with van der Waals surface area (Å²) in [6.45, 7) is 7.90. The molecule has 13 heteroatoms. The van der Waals surface area contributed by atoms with Crippen molar-refractivity contribution >= 4 is 33.3 Å². The molecule has 242 valence electrons. The first-order valence-corrected chi connectivity index (χ1v) is 17.1. The van der Waals surface area contributed by atoms with Crippen LogP contribution in [0.4, 0.5) is 0 Å². The van der Waals surface area contributed by atoms with Crippen LogP contribution in [-0.2, 0) is 29.0 Å². The molecule has 0 bridgehead atoms. The third kappa shape index (κ3) is 5.35. The number of nitrogens with two attached hydrogens (primary N) is 1. The molecule has 4 unspecified atom stereocenters. The number of sulfone groups is 1. The van der Waals surface area contributed by atoms with Crippen LogP contribution in [0.1, 0.15) is 59.8 Å². The molecular weight excluding hydrogens is 586 g/mol. The molecule has 1 aliphatic heterocycles. The number of amides is 3. The number of carbonyl (C=O) groups is 4. The number of primary amides is 1. The number of likely N-dealkylation sites (tertiary alicyclic amines) is 1. The minimum atomic E-state index is -3.63. The highest BCUT2D eigenvalue weighted by atomic mass is 32.2. The fraction of sp³-hybridized carbons (Fsp3) is 0.677. The van der Waals surface area contributed by atoms with Crippen molar-refractivity contribution < 1.29 is 32.7 Å². The van der Waals surface area contributed by atoms with Crippen molar-refractivity contribution in [1.82, 2.24) is 20.9 Å². The first-order valence-electron chi connectivity index (χ1n) is 15.5. The standard InChI is InChI=1S/C31H45N5O7S/c1-18(2)22(16-44(42,43)20-11-6-5-7-12-20)35-28(41)33-14-24(37)36-15-23-29(3,4)30(23)17-31(30,36)27(40)34-21(25(38)26(32)39)13-19-9-8-10-19/h5-7,11-12,18-19,21-23,28,33,35,41H,8-10,13-17H2,1-4H3,(H2,32,39)(H,34,40)/t21?,22-,23?,28?,30?,31+/m1/s1. The van der Waals surface area contributed by atoms with Gasteiger partial charge in [-0.25, -0.2) is 8.42 Å². The molecule has 4 aliphatic rings. The first-order chi connectivity index (χ1) is 20.6. The molecule has 1 heterocycles. The van der Waals surface area contributed by atoms with Gasteiger partial charge in [0.05, 0.1) is 23.2 Å². The number of aliphatic hydroxyl groups is 1. The number of nitrogens with one attached hydrogen (secondary N) is 3. The first kappa shape index (κ1) is 32.5. The molecule has 4 fully saturated rings. The van der Waals surface area contributed by atoms with Gasteiger partial charge in [0.25, 0.3) is 5.91 Å². The molecule has 0 radical (unpaired) electrons. The summed E-state index contributed by atoms with van der Waals surface area (Å²) >= 11 is 0. The van der Waals surface area contributed by atoms with Gasteiger partial charge in [0, 0.05) is 18.0 Å². The van der Waals surface area contributed by atoms with Crippen molar-refractivity contribution in [3.63, 3.8) is 0 Å². The second-order valence-electron chi connectivity index (χ2n) is 14.0. The van der Waals surface area contributed by atoms with Crippen LogP contribution < -0.4 is 21.7 Å². The molecular formula is C31H45N5O7S. The number of piperidine rings is 2. The highest BCUT2D eigenvalue weighted by Gasteiger charge is 2.97. The van der Waals surface area contributed by atoms with Crippen LogP contribution in [0.3, 0.4) is 0 Å². The van der Waals surface area contributed by atoms with E-state index in [-0.39, 0.29) is 40.4 Å². The fourth-order valence-electron chi connectivity index (χ4n) is 7.95. The summed E-state index contributed by atoms with van der Waals surface area (Å²) in [4.78, 5) is 53.7. The van der Waals surface area contributed by atoms with Gasteiger partial charge in [0.2, 0.25) is 17.6 Å². The van der Waals surface area contributed by atoms with Gasteiger partial charge in [-0.1, -0.05) is 65.2 Å². The zero-order valence-electron chi connectivity index (χ0n) is 25.8. The number of hydrogen-bond donors (Lipinski definition) is 5. The Hall–Kier alpha value is -2.87. The van der Waals surface area contributed by atoms with Crippen LogP contribution in [0.2, 0.25) is 0 Å². The Labute approximate surface area is 258 Å². The maximum absolute atomic E-state index is 13.9. The van der Waals surface area contributed by atoms with Gasteiger partial charge in [0.1, 0.15) is 5.54 Å². The van der Waals surface area contributed by atoms with E-state index in [4.69, 9.17) is 5.73 Å². The van der Waals surface area contributed by atoms with E-state index in [2.05, 4.69) is 29.8 Å². The van der Waals surface area contributed by atoms with Gasteiger partial charge >= 0.3 is 0 Å². The van der Waals surface area contributed by atoms with Gasteiger partial charge in [-0.2, -0.15) is 0 Å². The highest BCUT2D eigenvalue weighted by Crippen LogP contribution is 2.91. The maximum atomic E-state index is 13.9. The Kier molecular flexibility index (Phi) is 8.49. The smallest absolute Gasteiger partial charge is 0.287 e. The third-order valence-corrected chi connectivity index (χ3v) is 12.8. The molecule has 3 aliphatic carbocycles. The number of ketones is 1. The Balaban J connectivity index is 1.24. The van der Waals surface area contributed by atoms with Crippen LogP contribution in [-0.4, -0.2) is 84.7 Å². The van der Waals surface area contributed by atoms with E-state index in [1.165, 1.54) is 12.1 Å². The van der Waals surface area contributed by atoms with Crippen molar-refractivity contribution in [1.29, 1.82) is 0 Å². The Morgan fingerprint density at radius 2 is 1.77 bits per heavy atom. The average Bonchev–Trinajstić information content (AvgIpc) is 3.72. The predicted octanol–water partition coefficient (Wildman–Crippen LogP) is 0.297. The van der Waals surface area contributed by atoms with E-state index in [1.54, 1.807) is 23.1 Å². The molecule has 5 rings (SSSR count). The molecule has 1 spiro atoms. The summed E-state index contributed by atoms with van der Waals surface area (Å²) in [6.07, 6.45) is 2.30. The normalized spacial score (nSPS) is 28.7. The third-order valence-electron chi connectivity index (χ3n) is 11.0. The lowest BCUT2D eigenvalue weighted by atomic mass is 9.80. The molecule has 3 saturated carbocycles. The summed E-state index contributed by atoms with van der Waals surface area (Å²) in [7, 11) is -3.63. The quantitative estimate of drug-likeness (QED) is 0.134. The van der Waals surface area contributed by atoms with Gasteiger partial charge in [0.15, 0.2) is 16.2 Å². The fourth-order valence-corrected chi connectivity index (χ4v) is 9.67. The molecule has 44 heavy (non-hydrogen) atoms.